The van der Waals surface area contributed by atoms with Crippen LogP contribution in [-0.2, 0) is 0 Å². The van der Waals surface area contributed by atoms with Crippen LogP contribution in [0.25, 0.3) is 0 Å². The highest BCUT2D eigenvalue weighted by molar-refractivity contribution is 4.70. The molecule has 0 aromatic carbocycles. The predicted molar refractivity (Wildman–Crippen MR) is 39.0 cm³/mol. The SMILES string of the molecule is CC1CC(C)NN(C)C1. The monoisotopic (exact) mass is 128 g/mol. The maximum atomic E-state index is 3.34. The fraction of sp³-hybridized carbons (Fsp3) is 1.00. The van der Waals surface area contributed by atoms with Gasteiger partial charge < -0.3 is 0 Å². The van der Waals surface area contributed by atoms with E-state index in [0.29, 0.717) is 6.04 Å². The Bertz CT molecular complexity index is 67.9. The molecule has 0 aromatic rings. The van der Waals surface area contributed by atoms with Crippen LogP contribution >= 0.6 is 0 Å². The third kappa shape index (κ3) is 1.95. The summed E-state index contributed by atoms with van der Waals surface area (Å²) >= 11 is 0. The lowest BCUT2D eigenvalue weighted by Crippen LogP contribution is -2.48. The Balaban J connectivity index is 2.34. The fourth-order valence-electron chi connectivity index (χ4n) is 1.63. The van der Waals surface area contributed by atoms with Gasteiger partial charge in [0.15, 0.2) is 0 Å². The Labute approximate surface area is 57.2 Å². The van der Waals surface area contributed by atoms with Gasteiger partial charge in [0.05, 0.1) is 0 Å². The predicted octanol–water partition coefficient (Wildman–Crippen LogP) is 0.851. The van der Waals surface area contributed by atoms with Crippen molar-refractivity contribution in [2.24, 2.45) is 5.92 Å². The number of hydrogen-bond donors (Lipinski definition) is 1. The minimum Gasteiger partial charge on any atom is -0.253 e. The quantitative estimate of drug-likeness (QED) is 0.520. The van der Waals surface area contributed by atoms with E-state index in [1.54, 1.807) is 0 Å². The van der Waals surface area contributed by atoms with Crippen molar-refractivity contribution in [2.75, 3.05) is 13.6 Å². The molecular formula is C7H16N2. The van der Waals surface area contributed by atoms with Crippen molar-refractivity contribution in [3.8, 4) is 0 Å². The van der Waals surface area contributed by atoms with E-state index < -0.39 is 0 Å². The highest BCUT2D eigenvalue weighted by Crippen LogP contribution is 2.11. The van der Waals surface area contributed by atoms with Crippen molar-refractivity contribution in [1.82, 2.24) is 10.4 Å². The van der Waals surface area contributed by atoms with Gasteiger partial charge in [-0.2, -0.15) is 0 Å². The van der Waals surface area contributed by atoms with Gasteiger partial charge in [-0.05, 0) is 19.3 Å². The summed E-state index contributed by atoms with van der Waals surface area (Å²) in [5, 5.41) is 2.18. The topological polar surface area (TPSA) is 15.3 Å². The lowest BCUT2D eigenvalue weighted by Gasteiger charge is -2.33. The van der Waals surface area contributed by atoms with E-state index in [0.717, 1.165) is 5.92 Å². The zero-order chi connectivity index (χ0) is 6.85. The van der Waals surface area contributed by atoms with Crippen molar-refractivity contribution < 1.29 is 0 Å². The Morgan fingerprint density at radius 3 is 2.56 bits per heavy atom. The number of nitrogens with one attached hydrogen (secondary N) is 1. The third-order valence-electron chi connectivity index (χ3n) is 1.78. The first-order valence-electron chi connectivity index (χ1n) is 3.66. The molecule has 54 valence electrons. The van der Waals surface area contributed by atoms with Gasteiger partial charge in [0, 0.05) is 19.6 Å². The van der Waals surface area contributed by atoms with Gasteiger partial charge in [0.25, 0.3) is 0 Å². The maximum Gasteiger partial charge on any atom is 0.0189 e. The molecule has 2 unspecified atom stereocenters. The van der Waals surface area contributed by atoms with Gasteiger partial charge in [-0.3, -0.25) is 5.43 Å². The second-order valence-electron chi connectivity index (χ2n) is 3.25. The summed E-state index contributed by atoms with van der Waals surface area (Å²) in [6.07, 6.45) is 1.31. The van der Waals surface area contributed by atoms with Crippen LogP contribution in [0.15, 0.2) is 0 Å². The smallest absolute Gasteiger partial charge is 0.0189 e. The van der Waals surface area contributed by atoms with Gasteiger partial charge in [0.1, 0.15) is 0 Å². The van der Waals surface area contributed by atoms with Crippen LogP contribution < -0.4 is 5.43 Å². The van der Waals surface area contributed by atoms with Gasteiger partial charge in [0.2, 0.25) is 0 Å². The van der Waals surface area contributed by atoms with E-state index in [4.69, 9.17) is 0 Å². The van der Waals surface area contributed by atoms with Crippen LogP contribution in [-0.4, -0.2) is 24.6 Å². The standard InChI is InChI=1S/C7H16N2/c1-6-4-7(2)8-9(3)5-6/h6-8H,4-5H2,1-3H3. The highest BCUT2D eigenvalue weighted by atomic mass is 15.5. The fourth-order valence-corrected chi connectivity index (χ4v) is 1.63. The number of nitrogens with zero attached hydrogens (tertiary/aromatic N) is 1. The zero-order valence-corrected chi connectivity index (χ0v) is 6.52. The molecule has 0 saturated carbocycles. The van der Waals surface area contributed by atoms with Crippen molar-refractivity contribution in [1.29, 1.82) is 0 Å². The van der Waals surface area contributed by atoms with E-state index in [9.17, 15) is 0 Å². The highest BCUT2D eigenvalue weighted by Gasteiger charge is 2.17. The Hall–Kier alpha value is -0.0800. The molecule has 1 aliphatic rings. The summed E-state index contributed by atoms with van der Waals surface area (Å²) in [4.78, 5) is 0. The first-order valence-corrected chi connectivity index (χ1v) is 3.66. The average Bonchev–Trinajstić information content (AvgIpc) is 1.59. The molecule has 0 aliphatic carbocycles. The van der Waals surface area contributed by atoms with Gasteiger partial charge in [-0.15, -0.1) is 0 Å². The summed E-state index contributed by atoms with van der Waals surface area (Å²) < 4.78 is 0. The number of rotatable bonds is 0. The Morgan fingerprint density at radius 1 is 1.44 bits per heavy atom. The van der Waals surface area contributed by atoms with Crippen LogP contribution in [0, 0.1) is 5.92 Å². The molecule has 9 heavy (non-hydrogen) atoms. The largest absolute Gasteiger partial charge is 0.253 e. The molecule has 1 heterocycles. The molecule has 0 radical (unpaired) electrons. The second-order valence-corrected chi connectivity index (χ2v) is 3.25. The normalized spacial score (nSPS) is 39.0. The van der Waals surface area contributed by atoms with Crippen molar-refractivity contribution in [3.05, 3.63) is 0 Å². The molecule has 1 aliphatic heterocycles. The molecule has 1 rings (SSSR count). The van der Waals surface area contributed by atoms with E-state index in [2.05, 4.69) is 31.3 Å². The number of hydrazine groups is 1. The molecule has 2 nitrogen and oxygen atoms in total. The average molecular weight is 128 g/mol. The molecule has 1 N–H and O–H groups in total. The summed E-state index contributed by atoms with van der Waals surface area (Å²) in [5.41, 5.74) is 3.34. The van der Waals surface area contributed by atoms with Crippen LogP contribution in [0.5, 0.6) is 0 Å². The molecule has 0 amide bonds. The molecule has 1 saturated heterocycles. The summed E-state index contributed by atoms with van der Waals surface area (Å²) in [6, 6.07) is 0.666. The zero-order valence-electron chi connectivity index (χ0n) is 6.52. The molecule has 0 spiro atoms. The third-order valence-corrected chi connectivity index (χ3v) is 1.78. The van der Waals surface area contributed by atoms with Gasteiger partial charge in [-0.25, -0.2) is 5.01 Å². The molecule has 0 bridgehead atoms. The van der Waals surface area contributed by atoms with E-state index in [1.165, 1.54) is 13.0 Å². The minimum atomic E-state index is 0.666. The maximum absolute atomic E-state index is 3.34. The summed E-state index contributed by atoms with van der Waals surface area (Å²) in [6.45, 7) is 5.71. The van der Waals surface area contributed by atoms with Gasteiger partial charge in [-0.1, -0.05) is 6.92 Å². The van der Waals surface area contributed by atoms with Crippen LogP contribution in [0.2, 0.25) is 0 Å². The first kappa shape index (κ1) is 7.03. The second kappa shape index (κ2) is 2.67. The van der Waals surface area contributed by atoms with E-state index in [-0.39, 0.29) is 0 Å². The molecule has 0 aromatic heterocycles. The Morgan fingerprint density at radius 2 is 2.11 bits per heavy atom. The van der Waals surface area contributed by atoms with Crippen molar-refractivity contribution in [2.45, 2.75) is 26.3 Å². The minimum absolute atomic E-state index is 0.666. The van der Waals surface area contributed by atoms with Gasteiger partial charge >= 0.3 is 0 Å². The van der Waals surface area contributed by atoms with Crippen LogP contribution in [0.4, 0.5) is 0 Å². The lowest BCUT2D eigenvalue weighted by molar-refractivity contribution is 0.116. The van der Waals surface area contributed by atoms with E-state index in [1.807, 2.05) is 0 Å². The summed E-state index contributed by atoms with van der Waals surface area (Å²) in [7, 11) is 2.10. The van der Waals surface area contributed by atoms with Crippen LogP contribution in [0.1, 0.15) is 20.3 Å². The molecule has 2 atom stereocenters. The van der Waals surface area contributed by atoms with Crippen LogP contribution in [0.3, 0.4) is 0 Å². The Kier molecular flexibility index (Phi) is 2.09. The number of hydrogen-bond acceptors (Lipinski definition) is 2. The van der Waals surface area contributed by atoms with E-state index >= 15 is 0 Å². The molecule has 2 heteroatoms. The summed E-state index contributed by atoms with van der Waals surface area (Å²) in [5.74, 6) is 0.853. The molecule has 1 fully saturated rings. The van der Waals surface area contributed by atoms with Crippen molar-refractivity contribution >= 4 is 0 Å². The van der Waals surface area contributed by atoms with Crippen molar-refractivity contribution in [3.63, 3.8) is 0 Å². The molecular weight excluding hydrogens is 112 g/mol. The first-order chi connectivity index (χ1) is 4.18. The lowest BCUT2D eigenvalue weighted by atomic mass is 10.0.